The number of rotatable bonds is 5. The van der Waals surface area contributed by atoms with E-state index in [4.69, 9.17) is 0 Å². The Hall–Kier alpha value is -2.11. The number of thioether (sulfide) groups is 1. The van der Waals surface area contributed by atoms with Crippen molar-refractivity contribution >= 4 is 34.1 Å². The molecule has 3 nitrogen and oxygen atoms in total. The number of thiazole rings is 1. The van der Waals surface area contributed by atoms with Crippen LogP contribution in [0.15, 0.2) is 65.6 Å². The van der Waals surface area contributed by atoms with Crippen molar-refractivity contribution in [2.24, 2.45) is 0 Å². The monoisotopic (exact) mass is 354 g/mol. The maximum absolute atomic E-state index is 12.9. The van der Waals surface area contributed by atoms with Crippen molar-refractivity contribution in [3.05, 3.63) is 76.8 Å². The zero-order valence-corrected chi connectivity index (χ0v) is 15.2. The Bertz CT molecular complexity index is 796. The molecule has 0 fully saturated rings. The normalized spacial score (nSPS) is 11.9. The molecule has 1 N–H and O–H groups in total. The molecule has 0 aliphatic rings. The lowest BCUT2D eigenvalue weighted by Crippen LogP contribution is -2.18. The quantitative estimate of drug-likeness (QED) is 0.638. The third-order valence-corrected chi connectivity index (χ3v) is 5.85. The molecule has 122 valence electrons. The van der Waals surface area contributed by atoms with Gasteiger partial charge in [0, 0.05) is 9.77 Å². The van der Waals surface area contributed by atoms with Crippen LogP contribution in [0.4, 0.5) is 5.13 Å². The van der Waals surface area contributed by atoms with Crippen LogP contribution in [0.5, 0.6) is 0 Å². The predicted molar refractivity (Wildman–Crippen MR) is 102 cm³/mol. The molecule has 1 aromatic heterocycles. The fourth-order valence-electron chi connectivity index (χ4n) is 2.23. The van der Waals surface area contributed by atoms with E-state index in [9.17, 15) is 4.79 Å². The second-order valence-electron chi connectivity index (χ2n) is 5.37. The molecule has 0 aliphatic heterocycles. The number of anilines is 1. The lowest BCUT2D eigenvalue weighted by atomic mass is 10.1. The van der Waals surface area contributed by atoms with Crippen molar-refractivity contribution in [1.82, 2.24) is 4.98 Å². The van der Waals surface area contributed by atoms with Crippen molar-refractivity contribution in [1.29, 1.82) is 0 Å². The number of aryl methyl sites for hydroxylation is 2. The minimum atomic E-state index is -0.321. The van der Waals surface area contributed by atoms with Crippen molar-refractivity contribution < 1.29 is 4.79 Å². The molecule has 0 bridgehead atoms. The highest BCUT2D eigenvalue weighted by molar-refractivity contribution is 8.00. The molecule has 0 saturated carbocycles. The Morgan fingerprint density at radius 1 is 1.04 bits per heavy atom. The van der Waals surface area contributed by atoms with E-state index in [0.29, 0.717) is 5.13 Å². The first-order chi connectivity index (χ1) is 11.6. The fourth-order valence-corrected chi connectivity index (χ4v) is 4.10. The van der Waals surface area contributed by atoms with Crippen LogP contribution in [-0.4, -0.2) is 10.9 Å². The standard InChI is InChI=1S/C19H18N2OS2/c1-13-14(2)23-19(20-13)21-18(22)17(15-9-5-3-6-10-15)24-16-11-7-4-8-12-16/h3-12,17H,1-2H3,(H,20,21,22). The van der Waals surface area contributed by atoms with E-state index in [1.165, 1.54) is 11.3 Å². The van der Waals surface area contributed by atoms with Crippen LogP contribution in [0.2, 0.25) is 0 Å². The number of carbonyl (C=O) groups is 1. The van der Waals surface area contributed by atoms with E-state index in [1.54, 1.807) is 11.8 Å². The lowest BCUT2D eigenvalue weighted by Gasteiger charge is -2.16. The van der Waals surface area contributed by atoms with Crippen LogP contribution in [0.3, 0.4) is 0 Å². The van der Waals surface area contributed by atoms with Gasteiger partial charge in [0.05, 0.1) is 5.69 Å². The number of carbonyl (C=O) groups excluding carboxylic acids is 1. The summed E-state index contributed by atoms with van der Waals surface area (Å²) in [6.07, 6.45) is 0. The molecule has 0 radical (unpaired) electrons. The summed E-state index contributed by atoms with van der Waals surface area (Å²) in [6.45, 7) is 3.96. The second-order valence-corrected chi connectivity index (χ2v) is 7.75. The van der Waals surface area contributed by atoms with Gasteiger partial charge in [-0.15, -0.1) is 23.1 Å². The van der Waals surface area contributed by atoms with Crippen LogP contribution in [0.1, 0.15) is 21.4 Å². The summed E-state index contributed by atoms with van der Waals surface area (Å²) in [5, 5.41) is 3.31. The Morgan fingerprint density at radius 3 is 2.25 bits per heavy atom. The first kappa shape index (κ1) is 16.7. The van der Waals surface area contributed by atoms with Gasteiger partial charge in [0.25, 0.3) is 0 Å². The van der Waals surface area contributed by atoms with Crippen LogP contribution in [0.25, 0.3) is 0 Å². The van der Waals surface area contributed by atoms with E-state index in [0.717, 1.165) is 21.0 Å². The molecule has 1 unspecified atom stereocenters. The number of hydrogen-bond donors (Lipinski definition) is 1. The first-order valence-electron chi connectivity index (χ1n) is 7.65. The largest absolute Gasteiger partial charge is 0.301 e. The minimum Gasteiger partial charge on any atom is -0.301 e. The summed E-state index contributed by atoms with van der Waals surface area (Å²) in [6, 6.07) is 19.8. The highest BCUT2D eigenvalue weighted by Gasteiger charge is 2.23. The average molecular weight is 355 g/mol. The average Bonchev–Trinajstić information content (AvgIpc) is 2.91. The van der Waals surface area contributed by atoms with Crippen LogP contribution in [0, 0.1) is 13.8 Å². The Kier molecular flexibility index (Phi) is 5.33. The summed E-state index contributed by atoms with van der Waals surface area (Å²) in [5.41, 5.74) is 1.94. The van der Waals surface area contributed by atoms with Crippen LogP contribution in [-0.2, 0) is 4.79 Å². The molecular formula is C19H18N2OS2. The molecule has 24 heavy (non-hydrogen) atoms. The molecule has 2 aromatic carbocycles. The Balaban J connectivity index is 1.84. The zero-order chi connectivity index (χ0) is 16.9. The predicted octanol–water partition coefficient (Wildman–Crippen LogP) is 5.23. The minimum absolute atomic E-state index is 0.0520. The lowest BCUT2D eigenvalue weighted by molar-refractivity contribution is -0.115. The maximum Gasteiger partial charge on any atom is 0.244 e. The number of nitrogens with zero attached hydrogens (tertiary/aromatic N) is 1. The van der Waals surface area contributed by atoms with Gasteiger partial charge >= 0.3 is 0 Å². The van der Waals surface area contributed by atoms with E-state index in [1.807, 2.05) is 74.5 Å². The smallest absolute Gasteiger partial charge is 0.244 e. The van der Waals surface area contributed by atoms with E-state index < -0.39 is 0 Å². The van der Waals surface area contributed by atoms with Crippen molar-refractivity contribution in [2.75, 3.05) is 5.32 Å². The van der Waals surface area contributed by atoms with E-state index >= 15 is 0 Å². The number of amides is 1. The van der Waals surface area contributed by atoms with Crippen LogP contribution < -0.4 is 5.32 Å². The summed E-state index contributed by atoms with van der Waals surface area (Å²) in [4.78, 5) is 19.5. The molecule has 0 aliphatic carbocycles. The Morgan fingerprint density at radius 2 is 1.67 bits per heavy atom. The van der Waals surface area contributed by atoms with Gasteiger partial charge in [0.2, 0.25) is 5.91 Å². The van der Waals surface area contributed by atoms with Gasteiger partial charge in [-0.3, -0.25) is 4.79 Å². The fraction of sp³-hybridized carbons (Fsp3) is 0.158. The van der Waals surface area contributed by atoms with Crippen molar-refractivity contribution in [3.8, 4) is 0 Å². The molecule has 3 rings (SSSR count). The molecule has 1 amide bonds. The first-order valence-corrected chi connectivity index (χ1v) is 9.34. The molecule has 3 aromatic rings. The van der Waals surface area contributed by atoms with Gasteiger partial charge < -0.3 is 5.32 Å². The Labute approximate surface area is 150 Å². The number of nitrogens with one attached hydrogen (secondary N) is 1. The molecule has 1 heterocycles. The summed E-state index contributed by atoms with van der Waals surface area (Å²) < 4.78 is 0. The summed E-state index contributed by atoms with van der Waals surface area (Å²) >= 11 is 3.05. The van der Waals surface area contributed by atoms with Gasteiger partial charge in [0.15, 0.2) is 5.13 Å². The zero-order valence-electron chi connectivity index (χ0n) is 13.5. The SMILES string of the molecule is Cc1nc(NC(=O)C(Sc2ccccc2)c2ccccc2)sc1C. The topological polar surface area (TPSA) is 42.0 Å². The van der Waals surface area contributed by atoms with Gasteiger partial charge in [-0.1, -0.05) is 48.5 Å². The molecule has 5 heteroatoms. The third-order valence-electron chi connectivity index (χ3n) is 3.60. The van der Waals surface area contributed by atoms with Gasteiger partial charge in [0.1, 0.15) is 5.25 Å². The summed E-state index contributed by atoms with van der Waals surface area (Å²) in [7, 11) is 0. The third kappa shape index (κ3) is 4.04. The molecular weight excluding hydrogens is 336 g/mol. The highest BCUT2D eigenvalue weighted by Crippen LogP contribution is 2.36. The maximum atomic E-state index is 12.9. The number of hydrogen-bond acceptors (Lipinski definition) is 4. The second kappa shape index (κ2) is 7.64. The van der Waals surface area contributed by atoms with Crippen molar-refractivity contribution in [2.45, 2.75) is 24.0 Å². The number of benzene rings is 2. The van der Waals surface area contributed by atoms with Gasteiger partial charge in [-0.05, 0) is 31.5 Å². The number of aromatic nitrogens is 1. The molecule has 0 saturated heterocycles. The van der Waals surface area contributed by atoms with E-state index in [-0.39, 0.29) is 11.2 Å². The van der Waals surface area contributed by atoms with Gasteiger partial charge in [-0.2, -0.15) is 0 Å². The van der Waals surface area contributed by atoms with Crippen molar-refractivity contribution in [3.63, 3.8) is 0 Å². The van der Waals surface area contributed by atoms with E-state index in [2.05, 4.69) is 10.3 Å². The molecule has 0 spiro atoms. The highest BCUT2D eigenvalue weighted by atomic mass is 32.2. The summed E-state index contributed by atoms with van der Waals surface area (Å²) in [5.74, 6) is -0.0520. The van der Waals surface area contributed by atoms with Crippen LogP contribution >= 0.6 is 23.1 Å². The molecule has 1 atom stereocenters. The van der Waals surface area contributed by atoms with Gasteiger partial charge in [-0.25, -0.2) is 4.98 Å².